The molecule has 1 N–H and O–H groups in total. The molecule has 23 heavy (non-hydrogen) atoms. The molecule has 0 radical (unpaired) electrons. The van der Waals surface area contributed by atoms with Crippen LogP contribution in [0.1, 0.15) is 51.8 Å². The minimum Gasteiger partial charge on any atom is -0.442 e. The molecule has 124 valence electrons. The van der Waals surface area contributed by atoms with Gasteiger partial charge in [-0.25, -0.2) is 4.79 Å². The first-order valence-electron chi connectivity index (χ1n) is 7.71. The number of nitrogens with zero attached hydrogens (tertiary/aromatic N) is 3. The van der Waals surface area contributed by atoms with Gasteiger partial charge in [-0.05, 0) is 38.8 Å². The third-order valence-corrected chi connectivity index (χ3v) is 3.09. The van der Waals surface area contributed by atoms with Crippen LogP contribution in [-0.4, -0.2) is 26.5 Å². The van der Waals surface area contributed by atoms with E-state index >= 15 is 0 Å². The lowest BCUT2D eigenvalue weighted by molar-refractivity contribution is 0.0514. The number of nitrogens with one attached hydrogen (secondary N) is 1. The molecule has 2 aromatic heterocycles. The topological polar surface area (TPSA) is 69.0 Å². The largest absolute Gasteiger partial charge is 0.442 e. The molecule has 6 nitrogen and oxygen atoms in total. The van der Waals surface area contributed by atoms with Crippen molar-refractivity contribution in [2.45, 2.75) is 52.7 Å². The lowest BCUT2D eigenvalue weighted by atomic mass is 10.1. The summed E-state index contributed by atoms with van der Waals surface area (Å²) in [5.74, 6) is 0.413. The van der Waals surface area contributed by atoms with Crippen LogP contribution in [0.5, 0.6) is 0 Å². The van der Waals surface area contributed by atoms with E-state index in [9.17, 15) is 4.79 Å². The maximum atomic E-state index is 11.9. The molecule has 0 aliphatic carbocycles. The molecular weight excluding hydrogens is 292 g/mol. The second-order valence-electron chi connectivity index (χ2n) is 6.75. The van der Waals surface area contributed by atoms with E-state index in [1.54, 1.807) is 12.4 Å². The first kappa shape index (κ1) is 17.0. The van der Waals surface area contributed by atoms with Crippen LogP contribution in [0.25, 0.3) is 0 Å². The molecule has 2 rings (SSSR count). The summed E-state index contributed by atoms with van der Waals surface area (Å²) < 4.78 is 6.48. The van der Waals surface area contributed by atoms with Crippen molar-refractivity contribution < 1.29 is 9.53 Å². The number of pyridine rings is 1. The molecule has 0 aliphatic rings. The number of ether oxygens (including phenoxy) is 1. The summed E-state index contributed by atoms with van der Waals surface area (Å²) in [5.41, 5.74) is 2.35. The molecule has 6 heteroatoms. The van der Waals surface area contributed by atoms with Crippen molar-refractivity contribution in [3.63, 3.8) is 0 Å². The number of hydrogen-bond acceptors (Lipinski definition) is 5. The van der Waals surface area contributed by atoms with E-state index in [1.807, 2.05) is 39.1 Å². The van der Waals surface area contributed by atoms with Gasteiger partial charge in [0.15, 0.2) is 0 Å². The zero-order chi connectivity index (χ0) is 17.0. The van der Waals surface area contributed by atoms with Crippen molar-refractivity contribution in [3.8, 4) is 0 Å². The van der Waals surface area contributed by atoms with Gasteiger partial charge in [-0.15, -0.1) is 0 Å². The Labute approximate surface area is 136 Å². The van der Waals surface area contributed by atoms with E-state index in [0.29, 0.717) is 12.5 Å². The van der Waals surface area contributed by atoms with Crippen molar-refractivity contribution >= 4 is 11.8 Å². The Morgan fingerprint density at radius 2 is 2.04 bits per heavy atom. The van der Waals surface area contributed by atoms with Gasteiger partial charge in [-0.2, -0.15) is 9.78 Å². The first-order valence-corrected chi connectivity index (χ1v) is 7.71. The van der Waals surface area contributed by atoms with E-state index in [0.717, 1.165) is 16.9 Å². The highest BCUT2D eigenvalue weighted by molar-refractivity contribution is 5.69. The van der Waals surface area contributed by atoms with E-state index in [-0.39, 0.29) is 0 Å². The Balaban J connectivity index is 1.93. The molecule has 0 fully saturated rings. The predicted octanol–water partition coefficient (Wildman–Crippen LogP) is 3.80. The molecule has 0 aromatic carbocycles. The SMILES string of the molecule is CC(C)c1ccc(NCc2cnn(C(=O)OC(C)(C)C)c2)cn1. The quantitative estimate of drug-likeness (QED) is 0.929. The fraction of sp³-hybridized carbons (Fsp3) is 0.471. The van der Waals surface area contributed by atoms with Gasteiger partial charge in [-0.3, -0.25) is 4.98 Å². The Kier molecular flexibility index (Phi) is 5.03. The second kappa shape index (κ2) is 6.81. The predicted molar refractivity (Wildman–Crippen MR) is 89.5 cm³/mol. The second-order valence-corrected chi connectivity index (χ2v) is 6.75. The number of carbonyl (C=O) groups is 1. The summed E-state index contributed by atoms with van der Waals surface area (Å²) in [4.78, 5) is 16.3. The highest BCUT2D eigenvalue weighted by Crippen LogP contribution is 2.15. The molecule has 0 bridgehead atoms. The van der Waals surface area contributed by atoms with E-state index < -0.39 is 11.7 Å². The van der Waals surface area contributed by atoms with Crippen molar-refractivity contribution in [2.24, 2.45) is 0 Å². The van der Waals surface area contributed by atoms with Crippen LogP contribution in [0.2, 0.25) is 0 Å². The monoisotopic (exact) mass is 316 g/mol. The Morgan fingerprint density at radius 1 is 1.30 bits per heavy atom. The van der Waals surface area contributed by atoms with Crippen molar-refractivity contribution in [3.05, 3.63) is 42.0 Å². The van der Waals surface area contributed by atoms with E-state index in [1.165, 1.54) is 4.68 Å². The minimum atomic E-state index is -0.536. The average molecular weight is 316 g/mol. The van der Waals surface area contributed by atoms with Crippen LogP contribution in [0.3, 0.4) is 0 Å². The number of rotatable bonds is 4. The summed E-state index contributed by atoms with van der Waals surface area (Å²) >= 11 is 0. The average Bonchev–Trinajstić information content (AvgIpc) is 2.93. The molecular formula is C17H24N4O2. The highest BCUT2D eigenvalue weighted by atomic mass is 16.6. The normalized spacial score (nSPS) is 11.6. The van der Waals surface area contributed by atoms with Gasteiger partial charge in [0.05, 0.1) is 18.1 Å². The third-order valence-electron chi connectivity index (χ3n) is 3.09. The van der Waals surface area contributed by atoms with Crippen molar-refractivity contribution in [1.82, 2.24) is 14.8 Å². The maximum absolute atomic E-state index is 11.9. The smallest absolute Gasteiger partial charge is 0.435 e. The molecule has 0 saturated carbocycles. The van der Waals surface area contributed by atoms with Crippen LogP contribution >= 0.6 is 0 Å². The summed E-state index contributed by atoms with van der Waals surface area (Å²) in [5, 5.41) is 7.30. The first-order chi connectivity index (χ1) is 10.7. The van der Waals surface area contributed by atoms with Gasteiger partial charge < -0.3 is 10.1 Å². The molecule has 0 amide bonds. The minimum absolute atomic E-state index is 0.413. The Bertz CT molecular complexity index is 654. The zero-order valence-corrected chi connectivity index (χ0v) is 14.3. The number of carbonyl (C=O) groups excluding carboxylic acids is 1. The van der Waals surface area contributed by atoms with Gasteiger partial charge in [0.2, 0.25) is 0 Å². The molecule has 2 aromatic rings. The zero-order valence-electron chi connectivity index (χ0n) is 14.3. The molecule has 0 unspecified atom stereocenters. The number of anilines is 1. The van der Waals surface area contributed by atoms with Gasteiger partial charge >= 0.3 is 6.09 Å². The standard InChI is InChI=1S/C17H24N4O2/c1-12(2)15-7-6-14(10-19-15)18-8-13-9-20-21(11-13)16(22)23-17(3,4)5/h6-7,9-12,18H,8H2,1-5H3. The Hall–Kier alpha value is -2.37. The summed E-state index contributed by atoms with van der Waals surface area (Å²) in [7, 11) is 0. The lowest BCUT2D eigenvalue weighted by Crippen LogP contribution is -2.27. The molecule has 0 saturated heterocycles. The maximum Gasteiger partial charge on any atom is 0.435 e. The van der Waals surface area contributed by atoms with Gasteiger partial charge in [-0.1, -0.05) is 13.8 Å². The third kappa shape index (κ3) is 5.09. The fourth-order valence-corrected chi connectivity index (χ4v) is 1.92. The van der Waals surface area contributed by atoms with Gasteiger partial charge in [0.1, 0.15) is 5.60 Å². The van der Waals surface area contributed by atoms with Crippen LogP contribution < -0.4 is 5.32 Å². The van der Waals surface area contributed by atoms with E-state index in [4.69, 9.17) is 4.74 Å². The van der Waals surface area contributed by atoms with Gasteiger partial charge in [0.25, 0.3) is 0 Å². The van der Waals surface area contributed by atoms with Crippen LogP contribution in [0, 0.1) is 0 Å². The molecule has 0 atom stereocenters. The molecule has 0 aliphatic heterocycles. The van der Waals surface area contributed by atoms with Gasteiger partial charge in [0, 0.05) is 24.0 Å². The summed E-state index contributed by atoms with van der Waals surface area (Å²) in [6.07, 6.45) is 4.64. The van der Waals surface area contributed by atoms with Crippen molar-refractivity contribution in [1.29, 1.82) is 0 Å². The molecule has 2 heterocycles. The summed E-state index contributed by atoms with van der Waals surface area (Å²) in [6, 6.07) is 4.01. The van der Waals surface area contributed by atoms with Crippen LogP contribution in [-0.2, 0) is 11.3 Å². The van der Waals surface area contributed by atoms with Crippen LogP contribution in [0.15, 0.2) is 30.7 Å². The Morgan fingerprint density at radius 3 is 2.61 bits per heavy atom. The molecule has 0 spiro atoms. The van der Waals surface area contributed by atoms with Crippen LogP contribution in [0.4, 0.5) is 10.5 Å². The number of aromatic nitrogens is 3. The highest BCUT2D eigenvalue weighted by Gasteiger charge is 2.18. The van der Waals surface area contributed by atoms with Crippen molar-refractivity contribution in [2.75, 3.05) is 5.32 Å². The van der Waals surface area contributed by atoms with E-state index in [2.05, 4.69) is 29.2 Å². The lowest BCUT2D eigenvalue weighted by Gasteiger charge is -2.18. The summed E-state index contributed by atoms with van der Waals surface area (Å²) in [6.45, 7) is 10.3. The fourth-order valence-electron chi connectivity index (χ4n) is 1.92. The number of hydrogen-bond donors (Lipinski definition) is 1.